The molecule has 28 heavy (non-hydrogen) atoms. The Morgan fingerprint density at radius 3 is 2.00 bits per heavy atom. The summed E-state index contributed by atoms with van der Waals surface area (Å²) in [5.41, 5.74) is 4.88. The molecule has 0 radical (unpaired) electrons. The number of halogens is 2. The highest BCUT2D eigenvalue weighted by Crippen LogP contribution is 2.33. The van der Waals surface area contributed by atoms with E-state index in [4.69, 9.17) is 4.43 Å². The van der Waals surface area contributed by atoms with Gasteiger partial charge in [0.2, 0.25) is 0 Å². The van der Waals surface area contributed by atoms with Gasteiger partial charge in [-0.1, -0.05) is 36.4 Å². The quantitative estimate of drug-likeness (QED) is 0.283. The van der Waals surface area contributed by atoms with Gasteiger partial charge >= 0.3 is 0 Å². The van der Waals surface area contributed by atoms with E-state index in [1.807, 2.05) is 18.2 Å². The van der Waals surface area contributed by atoms with E-state index in [0.717, 1.165) is 24.0 Å². The van der Waals surface area contributed by atoms with Gasteiger partial charge in [0.05, 0.1) is 12.2 Å². The number of aliphatic hydroxyl groups is 1. The SMILES string of the molecule is C[Si](C)(C)OC1CC=Cc2cc(I)ccc21.OC1CC=Cc2cc(I)ccc21. The summed E-state index contributed by atoms with van der Waals surface area (Å²) < 4.78 is 8.73. The molecule has 148 valence electrons. The Hall–Kier alpha value is -0.483. The van der Waals surface area contributed by atoms with E-state index >= 15 is 0 Å². The second-order valence-corrected chi connectivity index (χ2v) is 15.0. The molecular formula is C23H26I2O2Si. The van der Waals surface area contributed by atoms with Gasteiger partial charge in [0.25, 0.3) is 0 Å². The van der Waals surface area contributed by atoms with E-state index in [-0.39, 0.29) is 12.2 Å². The second-order valence-electron chi connectivity index (χ2n) is 8.06. The molecule has 2 nitrogen and oxygen atoms in total. The predicted octanol–water partition coefficient (Wildman–Crippen LogP) is 7.34. The minimum Gasteiger partial charge on any atom is -0.410 e. The van der Waals surface area contributed by atoms with Crippen molar-refractivity contribution >= 4 is 65.7 Å². The zero-order valence-electron chi connectivity index (χ0n) is 16.5. The summed E-state index contributed by atoms with van der Waals surface area (Å²) in [6, 6.07) is 12.7. The number of hydrogen-bond acceptors (Lipinski definition) is 2. The molecule has 2 aromatic rings. The molecule has 0 heterocycles. The van der Waals surface area contributed by atoms with E-state index in [2.05, 4.69) is 107 Å². The highest BCUT2D eigenvalue weighted by molar-refractivity contribution is 14.1. The first-order valence-electron chi connectivity index (χ1n) is 9.51. The van der Waals surface area contributed by atoms with Crippen LogP contribution in [-0.2, 0) is 4.43 Å². The summed E-state index contributed by atoms with van der Waals surface area (Å²) in [4.78, 5) is 0. The first-order valence-corrected chi connectivity index (χ1v) is 15.1. The van der Waals surface area contributed by atoms with Crippen LogP contribution in [0.2, 0.25) is 19.6 Å². The lowest BCUT2D eigenvalue weighted by Gasteiger charge is -2.29. The van der Waals surface area contributed by atoms with Crippen LogP contribution in [-0.4, -0.2) is 13.4 Å². The molecule has 4 rings (SSSR count). The number of fused-ring (bicyclic) bond motifs is 2. The van der Waals surface area contributed by atoms with Crippen molar-refractivity contribution in [1.29, 1.82) is 0 Å². The lowest BCUT2D eigenvalue weighted by molar-refractivity contribution is 0.180. The van der Waals surface area contributed by atoms with Gasteiger partial charge in [0, 0.05) is 7.14 Å². The third kappa shape index (κ3) is 6.01. The van der Waals surface area contributed by atoms with Gasteiger partial charge in [0.1, 0.15) is 0 Å². The van der Waals surface area contributed by atoms with Crippen molar-refractivity contribution in [1.82, 2.24) is 0 Å². The minimum atomic E-state index is -1.46. The highest BCUT2D eigenvalue weighted by Gasteiger charge is 2.24. The minimum absolute atomic E-state index is 0.267. The molecule has 0 amide bonds. The van der Waals surface area contributed by atoms with Crippen molar-refractivity contribution in [3.05, 3.63) is 77.9 Å². The summed E-state index contributed by atoms with van der Waals surface area (Å²) in [5, 5.41) is 9.60. The van der Waals surface area contributed by atoms with E-state index in [0.29, 0.717) is 0 Å². The standard InChI is InChI=1S/C13H17IOSi.C10H9IO/c1-16(2,3)15-13-6-4-5-10-9-11(14)7-8-12(10)13;11-8-4-5-9-7(6-8)2-1-3-10(9)12/h4-5,7-9,13H,6H2,1-3H3;1-2,4-6,10,12H,3H2. The molecule has 2 aliphatic rings. The lowest BCUT2D eigenvalue weighted by atomic mass is 9.95. The Kier molecular flexibility index (Phi) is 7.58. The molecule has 0 aliphatic heterocycles. The van der Waals surface area contributed by atoms with Gasteiger partial charge in [0.15, 0.2) is 8.32 Å². The maximum absolute atomic E-state index is 9.60. The van der Waals surface area contributed by atoms with Crippen LogP contribution in [0.5, 0.6) is 0 Å². The summed E-state index contributed by atoms with van der Waals surface area (Å²) in [6.07, 6.45) is 10.2. The number of hydrogen-bond donors (Lipinski definition) is 1. The third-order valence-electron chi connectivity index (χ3n) is 4.60. The zero-order chi connectivity index (χ0) is 20.3. The molecule has 0 spiro atoms. The first kappa shape index (κ1) is 22.2. The smallest absolute Gasteiger partial charge is 0.184 e. The average Bonchev–Trinajstić information content (AvgIpc) is 2.61. The van der Waals surface area contributed by atoms with E-state index in [1.54, 1.807) is 0 Å². The van der Waals surface area contributed by atoms with Crippen LogP contribution in [0, 0.1) is 7.14 Å². The van der Waals surface area contributed by atoms with Crippen molar-refractivity contribution in [2.45, 2.75) is 44.7 Å². The predicted molar refractivity (Wildman–Crippen MR) is 138 cm³/mol. The normalized spacial score (nSPS) is 20.1. The number of benzene rings is 2. The average molecular weight is 616 g/mol. The fourth-order valence-corrected chi connectivity index (χ4v) is 5.52. The van der Waals surface area contributed by atoms with Crippen molar-refractivity contribution in [3.8, 4) is 0 Å². The molecule has 0 saturated heterocycles. The van der Waals surface area contributed by atoms with Crippen LogP contribution in [0.4, 0.5) is 0 Å². The Morgan fingerprint density at radius 2 is 1.39 bits per heavy atom. The molecule has 5 heteroatoms. The largest absolute Gasteiger partial charge is 0.410 e. The van der Waals surface area contributed by atoms with Gasteiger partial charge in [-0.05, 0) is 124 Å². The zero-order valence-corrected chi connectivity index (χ0v) is 21.8. The fourth-order valence-electron chi connectivity index (χ4n) is 3.41. The third-order valence-corrected chi connectivity index (χ3v) is 6.94. The maximum atomic E-state index is 9.60. The molecule has 2 aliphatic carbocycles. The Bertz CT molecular complexity index is 900. The summed E-state index contributed by atoms with van der Waals surface area (Å²) >= 11 is 4.63. The van der Waals surface area contributed by atoms with Gasteiger partial charge in [-0.25, -0.2) is 0 Å². The Labute approximate surface area is 196 Å². The van der Waals surface area contributed by atoms with Crippen LogP contribution in [0.15, 0.2) is 48.6 Å². The maximum Gasteiger partial charge on any atom is 0.184 e. The number of aliphatic hydroxyl groups excluding tert-OH is 1. The monoisotopic (exact) mass is 616 g/mol. The second kappa shape index (κ2) is 9.55. The van der Waals surface area contributed by atoms with E-state index in [1.165, 1.54) is 18.3 Å². The molecule has 2 unspecified atom stereocenters. The lowest BCUT2D eigenvalue weighted by Crippen LogP contribution is -2.28. The molecule has 0 fully saturated rings. The molecule has 1 N–H and O–H groups in total. The van der Waals surface area contributed by atoms with Gasteiger partial charge in [-0.3, -0.25) is 0 Å². The van der Waals surface area contributed by atoms with Crippen molar-refractivity contribution < 1.29 is 9.53 Å². The van der Waals surface area contributed by atoms with Crippen LogP contribution < -0.4 is 0 Å². The van der Waals surface area contributed by atoms with E-state index < -0.39 is 8.32 Å². The first-order chi connectivity index (χ1) is 13.2. The molecule has 2 aromatic carbocycles. The topological polar surface area (TPSA) is 29.5 Å². The van der Waals surface area contributed by atoms with Crippen molar-refractivity contribution in [3.63, 3.8) is 0 Å². The highest BCUT2D eigenvalue weighted by atomic mass is 127. The van der Waals surface area contributed by atoms with Gasteiger partial charge < -0.3 is 9.53 Å². The van der Waals surface area contributed by atoms with Gasteiger partial charge in [-0.2, -0.15) is 0 Å². The summed E-state index contributed by atoms with van der Waals surface area (Å²) in [5.74, 6) is 0. The Morgan fingerprint density at radius 1 is 0.857 bits per heavy atom. The molecule has 0 aromatic heterocycles. The van der Waals surface area contributed by atoms with E-state index in [9.17, 15) is 5.11 Å². The van der Waals surface area contributed by atoms with Crippen molar-refractivity contribution in [2.24, 2.45) is 0 Å². The molecule has 0 bridgehead atoms. The summed E-state index contributed by atoms with van der Waals surface area (Å²) in [6.45, 7) is 6.74. The van der Waals surface area contributed by atoms with Crippen LogP contribution in [0.1, 0.15) is 47.3 Å². The van der Waals surface area contributed by atoms with Gasteiger partial charge in [-0.15, -0.1) is 0 Å². The molecular weight excluding hydrogens is 590 g/mol. The molecule has 2 atom stereocenters. The van der Waals surface area contributed by atoms with Crippen LogP contribution >= 0.6 is 45.2 Å². The van der Waals surface area contributed by atoms with Crippen LogP contribution in [0.3, 0.4) is 0 Å². The van der Waals surface area contributed by atoms with Crippen LogP contribution in [0.25, 0.3) is 12.2 Å². The fraction of sp³-hybridized carbons (Fsp3) is 0.304. The number of rotatable bonds is 2. The molecule has 0 saturated carbocycles. The Balaban J connectivity index is 0.000000167. The van der Waals surface area contributed by atoms with Crippen molar-refractivity contribution in [2.75, 3.05) is 0 Å². The summed E-state index contributed by atoms with van der Waals surface area (Å²) in [7, 11) is -1.46.